The number of likely N-dealkylation sites (tertiary alicyclic amines) is 1. The van der Waals surface area contributed by atoms with Crippen LogP contribution in [0.2, 0.25) is 0 Å². The maximum atomic E-state index is 12.2. The number of β-amino-alcohol motifs (C(OH)–C–C–N with tert-alkyl or cyclic N) is 1. The summed E-state index contributed by atoms with van der Waals surface area (Å²) in [7, 11) is 0. The number of nitrogens with zero attached hydrogens (tertiary/aromatic N) is 3. The fraction of sp³-hybridized carbons (Fsp3) is 0.667. The molecule has 1 aliphatic rings. The number of piperidine rings is 1. The van der Waals surface area contributed by atoms with Gasteiger partial charge in [0.15, 0.2) is 0 Å². The summed E-state index contributed by atoms with van der Waals surface area (Å²) in [4.78, 5) is 9.63. The third-order valence-corrected chi connectivity index (χ3v) is 3.26. The number of halogens is 3. The number of aliphatic hydroxyl groups is 1. The van der Waals surface area contributed by atoms with Gasteiger partial charge in [0.25, 0.3) is 0 Å². The Morgan fingerprint density at radius 1 is 1.35 bits per heavy atom. The predicted octanol–water partition coefficient (Wildman–Crippen LogP) is 1.28. The molecule has 2 N–H and O–H groups in total. The number of hydrogen-bond acceptors (Lipinski definition) is 5. The zero-order chi connectivity index (χ0) is 14.6. The van der Waals surface area contributed by atoms with Crippen LogP contribution in [0.3, 0.4) is 0 Å². The van der Waals surface area contributed by atoms with E-state index in [2.05, 4.69) is 15.3 Å². The van der Waals surface area contributed by atoms with Crippen LogP contribution < -0.4 is 5.32 Å². The molecule has 2 rings (SSSR count). The van der Waals surface area contributed by atoms with E-state index in [0.29, 0.717) is 18.9 Å². The van der Waals surface area contributed by atoms with Crippen LogP contribution in [0, 0.1) is 0 Å². The largest absolute Gasteiger partial charge is 0.390 e. The molecular formula is C12H17F3N4O. The molecule has 0 spiro atoms. The van der Waals surface area contributed by atoms with Crippen molar-refractivity contribution in [2.75, 3.05) is 25.0 Å². The lowest BCUT2D eigenvalue weighted by atomic mass is 10.0. The fourth-order valence-corrected chi connectivity index (χ4v) is 2.19. The van der Waals surface area contributed by atoms with Crippen molar-refractivity contribution in [3.8, 4) is 0 Å². The Morgan fingerprint density at radius 2 is 2.05 bits per heavy atom. The summed E-state index contributed by atoms with van der Waals surface area (Å²) < 4.78 is 36.5. The van der Waals surface area contributed by atoms with Crippen molar-refractivity contribution in [2.45, 2.75) is 31.2 Å². The van der Waals surface area contributed by atoms with Gasteiger partial charge in [-0.05, 0) is 12.5 Å². The van der Waals surface area contributed by atoms with E-state index in [1.807, 2.05) is 0 Å². The second-order valence-corrected chi connectivity index (χ2v) is 4.85. The van der Waals surface area contributed by atoms with Crippen LogP contribution in [0.25, 0.3) is 0 Å². The van der Waals surface area contributed by atoms with Crippen LogP contribution >= 0.6 is 0 Å². The first kappa shape index (κ1) is 15.0. The monoisotopic (exact) mass is 290 g/mol. The van der Waals surface area contributed by atoms with E-state index in [4.69, 9.17) is 0 Å². The molecule has 0 aliphatic carbocycles. The number of hydrogen-bond donors (Lipinski definition) is 2. The topological polar surface area (TPSA) is 61.3 Å². The van der Waals surface area contributed by atoms with E-state index in [9.17, 15) is 18.3 Å². The summed E-state index contributed by atoms with van der Waals surface area (Å²) >= 11 is 0. The highest BCUT2D eigenvalue weighted by molar-refractivity contribution is 5.25. The van der Waals surface area contributed by atoms with Crippen molar-refractivity contribution in [1.82, 2.24) is 14.9 Å². The standard InChI is InChI=1S/C12H17F3N4O/c13-12(14,15)3-7-19-6-2-9(10(20)8-19)18-11-16-4-1-5-17-11/h1,4-5,9-10,20H,2-3,6-8H2,(H,16,17,18)/t9-,10-/m1/s1. The molecule has 0 aromatic carbocycles. The summed E-state index contributed by atoms with van der Waals surface area (Å²) in [5, 5.41) is 13.0. The Balaban J connectivity index is 1.80. The van der Waals surface area contributed by atoms with Crippen molar-refractivity contribution in [2.24, 2.45) is 0 Å². The van der Waals surface area contributed by atoms with Gasteiger partial charge in [-0.3, -0.25) is 0 Å². The molecule has 0 radical (unpaired) electrons. The molecule has 1 saturated heterocycles. The zero-order valence-corrected chi connectivity index (χ0v) is 10.8. The predicted molar refractivity (Wildman–Crippen MR) is 67.2 cm³/mol. The lowest BCUT2D eigenvalue weighted by Crippen LogP contribution is -2.50. The van der Waals surface area contributed by atoms with Crippen molar-refractivity contribution in [3.63, 3.8) is 0 Å². The number of aliphatic hydroxyl groups excluding tert-OH is 1. The van der Waals surface area contributed by atoms with Gasteiger partial charge in [0.05, 0.1) is 18.6 Å². The molecule has 112 valence electrons. The van der Waals surface area contributed by atoms with Gasteiger partial charge in [-0.2, -0.15) is 13.2 Å². The molecule has 0 amide bonds. The SMILES string of the molecule is O[C@@H]1CN(CCC(F)(F)F)CC[C@H]1Nc1ncccn1. The minimum Gasteiger partial charge on any atom is -0.390 e. The number of rotatable bonds is 4. The summed E-state index contributed by atoms with van der Waals surface area (Å²) in [6, 6.07) is 1.45. The summed E-state index contributed by atoms with van der Waals surface area (Å²) in [6.45, 7) is 0.660. The Hall–Kier alpha value is -1.41. The molecule has 0 bridgehead atoms. The van der Waals surface area contributed by atoms with Gasteiger partial charge in [-0.15, -0.1) is 0 Å². The average Bonchev–Trinajstić information content (AvgIpc) is 2.40. The minimum atomic E-state index is -4.15. The summed E-state index contributed by atoms with van der Waals surface area (Å²) in [6.07, 6.45) is -2.02. The second kappa shape index (κ2) is 6.36. The normalized spacial score (nSPS) is 24.6. The third kappa shape index (κ3) is 4.61. The molecule has 1 aromatic rings. The first-order chi connectivity index (χ1) is 9.44. The van der Waals surface area contributed by atoms with Crippen LogP contribution in [-0.4, -0.2) is 57.9 Å². The number of aromatic nitrogens is 2. The van der Waals surface area contributed by atoms with Crippen LogP contribution in [-0.2, 0) is 0 Å². The number of anilines is 1. The van der Waals surface area contributed by atoms with Gasteiger partial charge >= 0.3 is 6.18 Å². The zero-order valence-electron chi connectivity index (χ0n) is 10.8. The van der Waals surface area contributed by atoms with Crippen LogP contribution in [0.5, 0.6) is 0 Å². The quantitative estimate of drug-likeness (QED) is 0.874. The molecular weight excluding hydrogens is 273 g/mol. The Kier molecular flexibility index (Phi) is 4.77. The highest BCUT2D eigenvalue weighted by atomic mass is 19.4. The Labute approximate surface area is 114 Å². The van der Waals surface area contributed by atoms with E-state index in [1.165, 1.54) is 0 Å². The molecule has 8 heteroatoms. The smallest absolute Gasteiger partial charge is 0.390 e. The molecule has 0 unspecified atom stereocenters. The molecule has 1 aliphatic heterocycles. The number of nitrogens with one attached hydrogen (secondary N) is 1. The lowest BCUT2D eigenvalue weighted by Gasteiger charge is -2.36. The van der Waals surface area contributed by atoms with Crippen molar-refractivity contribution >= 4 is 5.95 Å². The van der Waals surface area contributed by atoms with Crippen LogP contribution in [0.1, 0.15) is 12.8 Å². The highest BCUT2D eigenvalue weighted by Gasteiger charge is 2.32. The lowest BCUT2D eigenvalue weighted by molar-refractivity contribution is -0.139. The molecule has 0 saturated carbocycles. The Morgan fingerprint density at radius 3 is 2.65 bits per heavy atom. The summed E-state index contributed by atoms with van der Waals surface area (Å²) in [5.74, 6) is 0.417. The van der Waals surface area contributed by atoms with Gasteiger partial charge in [-0.25, -0.2) is 9.97 Å². The maximum Gasteiger partial charge on any atom is 0.390 e. The van der Waals surface area contributed by atoms with Crippen LogP contribution in [0.15, 0.2) is 18.5 Å². The average molecular weight is 290 g/mol. The first-order valence-corrected chi connectivity index (χ1v) is 6.45. The van der Waals surface area contributed by atoms with Gasteiger partial charge in [0.2, 0.25) is 5.95 Å². The van der Waals surface area contributed by atoms with E-state index < -0.39 is 18.7 Å². The van der Waals surface area contributed by atoms with Crippen molar-refractivity contribution in [3.05, 3.63) is 18.5 Å². The fourth-order valence-electron chi connectivity index (χ4n) is 2.19. The molecule has 1 aromatic heterocycles. The minimum absolute atomic E-state index is 0.0743. The molecule has 2 heterocycles. The highest BCUT2D eigenvalue weighted by Crippen LogP contribution is 2.21. The van der Waals surface area contributed by atoms with E-state index in [0.717, 1.165) is 0 Å². The molecule has 2 atom stereocenters. The van der Waals surface area contributed by atoms with E-state index in [1.54, 1.807) is 23.4 Å². The molecule has 1 fully saturated rings. The van der Waals surface area contributed by atoms with E-state index in [-0.39, 0.29) is 19.1 Å². The molecule has 20 heavy (non-hydrogen) atoms. The molecule has 5 nitrogen and oxygen atoms in total. The van der Waals surface area contributed by atoms with Crippen molar-refractivity contribution < 1.29 is 18.3 Å². The van der Waals surface area contributed by atoms with Crippen molar-refractivity contribution in [1.29, 1.82) is 0 Å². The van der Waals surface area contributed by atoms with Gasteiger partial charge in [-0.1, -0.05) is 0 Å². The Bertz CT molecular complexity index is 415. The third-order valence-electron chi connectivity index (χ3n) is 3.26. The second-order valence-electron chi connectivity index (χ2n) is 4.85. The first-order valence-electron chi connectivity index (χ1n) is 6.45. The van der Waals surface area contributed by atoms with E-state index >= 15 is 0 Å². The number of alkyl halides is 3. The van der Waals surface area contributed by atoms with Gasteiger partial charge in [0, 0.05) is 32.0 Å². The summed E-state index contributed by atoms with van der Waals surface area (Å²) in [5.41, 5.74) is 0. The van der Waals surface area contributed by atoms with Crippen LogP contribution in [0.4, 0.5) is 19.1 Å². The van der Waals surface area contributed by atoms with Gasteiger partial charge in [0.1, 0.15) is 0 Å². The maximum absolute atomic E-state index is 12.2. The van der Waals surface area contributed by atoms with Gasteiger partial charge < -0.3 is 15.3 Å².